The van der Waals surface area contributed by atoms with Crippen molar-refractivity contribution in [1.29, 1.82) is 0 Å². The van der Waals surface area contributed by atoms with Crippen molar-refractivity contribution in [2.24, 2.45) is 0 Å². The van der Waals surface area contributed by atoms with E-state index in [2.05, 4.69) is 0 Å². The smallest absolute Gasteiger partial charge is 0.335 e. The van der Waals surface area contributed by atoms with Gasteiger partial charge >= 0.3 is 11.9 Å². The van der Waals surface area contributed by atoms with Gasteiger partial charge in [0.2, 0.25) is 20.0 Å². The summed E-state index contributed by atoms with van der Waals surface area (Å²) in [5.74, 6) is -2.34. The number of piperazine rings is 1. The SMILES string of the molecule is O=C(O)c1ccc(S(=O)(=O)N2CCN(S(=O)(=O)c3ccc(C(=O)O)cc3)CC2)cc1. The first-order valence-electron chi connectivity index (χ1n) is 8.70. The van der Waals surface area contributed by atoms with Crippen molar-refractivity contribution >= 4 is 32.0 Å². The Morgan fingerprint density at radius 2 is 0.867 bits per heavy atom. The Kier molecular flexibility index (Phi) is 5.94. The monoisotopic (exact) mass is 454 g/mol. The highest BCUT2D eigenvalue weighted by molar-refractivity contribution is 7.89. The lowest BCUT2D eigenvalue weighted by molar-refractivity contribution is 0.0686. The summed E-state index contributed by atoms with van der Waals surface area (Å²) < 4.78 is 53.3. The number of carbonyl (C=O) groups is 2. The molecular weight excluding hydrogens is 436 g/mol. The normalized spacial score (nSPS) is 16.3. The zero-order chi connectivity index (χ0) is 22.1. The maximum atomic E-state index is 12.8. The molecule has 0 aliphatic carbocycles. The van der Waals surface area contributed by atoms with Crippen molar-refractivity contribution in [2.45, 2.75) is 9.79 Å². The minimum atomic E-state index is -3.90. The van der Waals surface area contributed by atoms with Crippen molar-refractivity contribution in [3.8, 4) is 0 Å². The van der Waals surface area contributed by atoms with Crippen LogP contribution in [0.2, 0.25) is 0 Å². The Bertz CT molecular complexity index is 1070. The van der Waals surface area contributed by atoms with Crippen LogP contribution in [0.3, 0.4) is 0 Å². The minimum absolute atomic E-state index is 0.0428. The molecule has 2 N–H and O–H groups in total. The van der Waals surface area contributed by atoms with E-state index in [0.29, 0.717) is 0 Å². The molecule has 1 aliphatic heterocycles. The third kappa shape index (κ3) is 4.21. The third-order valence-corrected chi connectivity index (χ3v) is 8.50. The van der Waals surface area contributed by atoms with Crippen molar-refractivity contribution in [1.82, 2.24) is 8.61 Å². The van der Waals surface area contributed by atoms with Gasteiger partial charge in [0.1, 0.15) is 0 Å². The first-order valence-corrected chi connectivity index (χ1v) is 11.6. The van der Waals surface area contributed by atoms with Gasteiger partial charge in [-0.15, -0.1) is 0 Å². The summed E-state index contributed by atoms with van der Waals surface area (Å²) in [4.78, 5) is 21.7. The van der Waals surface area contributed by atoms with Gasteiger partial charge in [-0.3, -0.25) is 0 Å². The highest BCUT2D eigenvalue weighted by Crippen LogP contribution is 2.22. The number of rotatable bonds is 6. The lowest BCUT2D eigenvalue weighted by Gasteiger charge is -2.33. The molecule has 1 heterocycles. The molecule has 2 aromatic carbocycles. The van der Waals surface area contributed by atoms with Crippen molar-refractivity contribution < 1.29 is 36.6 Å². The second-order valence-electron chi connectivity index (χ2n) is 6.47. The van der Waals surface area contributed by atoms with Crippen LogP contribution >= 0.6 is 0 Å². The zero-order valence-electron chi connectivity index (χ0n) is 15.5. The molecule has 10 nitrogen and oxygen atoms in total. The number of carboxylic acids is 2. The Labute approximate surface area is 173 Å². The van der Waals surface area contributed by atoms with Crippen LogP contribution in [0.5, 0.6) is 0 Å². The fourth-order valence-electron chi connectivity index (χ4n) is 2.99. The van der Waals surface area contributed by atoms with Crippen LogP contribution in [-0.2, 0) is 20.0 Å². The number of hydrogen-bond acceptors (Lipinski definition) is 6. The van der Waals surface area contributed by atoms with Gasteiger partial charge in [0.05, 0.1) is 20.9 Å². The molecule has 1 saturated heterocycles. The molecular formula is C18H18N2O8S2. The molecule has 0 spiro atoms. The first-order chi connectivity index (χ1) is 14.0. The Morgan fingerprint density at radius 3 is 1.10 bits per heavy atom. The molecule has 160 valence electrons. The summed E-state index contributed by atoms with van der Waals surface area (Å²) >= 11 is 0. The summed E-state index contributed by atoms with van der Waals surface area (Å²) in [5, 5.41) is 17.8. The molecule has 12 heteroatoms. The van der Waals surface area contributed by atoms with Gasteiger partial charge < -0.3 is 10.2 Å². The van der Waals surface area contributed by atoms with Gasteiger partial charge in [-0.2, -0.15) is 8.61 Å². The Hall–Kier alpha value is -2.80. The predicted octanol–water partition coefficient (Wildman–Crippen LogP) is 0.778. The van der Waals surface area contributed by atoms with E-state index < -0.39 is 32.0 Å². The maximum Gasteiger partial charge on any atom is 0.335 e. The van der Waals surface area contributed by atoms with Gasteiger partial charge in [0.15, 0.2) is 0 Å². The topological polar surface area (TPSA) is 149 Å². The van der Waals surface area contributed by atoms with Crippen LogP contribution in [0.4, 0.5) is 0 Å². The van der Waals surface area contributed by atoms with E-state index in [9.17, 15) is 26.4 Å². The highest BCUT2D eigenvalue weighted by atomic mass is 32.2. The van der Waals surface area contributed by atoms with Gasteiger partial charge in [-0.05, 0) is 48.5 Å². The van der Waals surface area contributed by atoms with Crippen LogP contribution in [0, 0.1) is 0 Å². The molecule has 0 radical (unpaired) electrons. The fourth-order valence-corrected chi connectivity index (χ4v) is 5.83. The van der Waals surface area contributed by atoms with Crippen LogP contribution in [0.15, 0.2) is 58.3 Å². The number of nitrogens with zero attached hydrogens (tertiary/aromatic N) is 2. The molecule has 30 heavy (non-hydrogen) atoms. The molecule has 0 aromatic heterocycles. The molecule has 1 aliphatic rings. The molecule has 0 unspecified atom stereocenters. The van der Waals surface area contributed by atoms with Crippen LogP contribution in [0.25, 0.3) is 0 Å². The van der Waals surface area contributed by atoms with E-state index in [1.165, 1.54) is 48.5 Å². The third-order valence-electron chi connectivity index (χ3n) is 4.68. The predicted molar refractivity (Wildman–Crippen MR) is 104 cm³/mol. The van der Waals surface area contributed by atoms with Crippen molar-refractivity contribution in [3.63, 3.8) is 0 Å². The number of sulfonamides is 2. The second-order valence-corrected chi connectivity index (χ2v) is 10.3. The number of carboxylic acid groups (broad SMARTS) is 2. The van der Waals surface area contributed by atoms with Crippen LogP contribution < -0.4 is 0 Å². The number of aromatic carboxylic acids is 2. The van der Waals surface area contributed by atoms with Crippen LogP contribution in [-0.4, -0.2) is 73.8 Å². The largest absolute Gasteiger partial charge is 0.478 e. The van der Waals surface area contributed by atoms with Crippen molar-refractivity contribution in [2.75, 3.05) is 26.2 Å². The van der Waals surface area contributed by atoms with E-state index in [-0.39, 0.29) is 47.1 Å². The average Bonchev–Trinajstić information content (AvgIpc) is 2.74. The lowest BCUT2D eigenvalue weighted by Crippen LogP contribution is -2.50. The zero-order valence-corrected chi connectivity index (χ0v) is 17.1. The molecule has 3 rings (SSSR count). The summed E-state index contributed by atoms with van der Waals surface area (Å²) in [5.41, 5.74) is -0.0856. The summed E-state index contributed by atoms with van der Waals surface area (Å²) in [6.07, 6.45) is 0. The molecule has 2 aromatic rings. The number of hydrogen-bond donors (Lipinski definition) is 2. The highest BCUT2D eigenvalue weighted by Gasteiger charge is 2.33. The van der Waals surface area contributed by atoms with Crippen LogP contribution in [0.1, 0.15) is 20.7 Å². The Morgan fingerprint density at radius 1 is 0.600 bits per heavy atom. The van der Waals surface area contributed by atoms with E-state index >= 15 is 0 Å². The molecule has 0 atom stereocenters. The summed E-state index contributed by atoms with van der Waals surface area (Å²) in [7, 11) is -7.80. The quantitative estimate of drug-likeness (QED) is 0.650. The van der Waals surface area contributed by atoms with E-state index in [1.54, 1.807) is 0 Å². The molecule has 1 fully saturated rings. The average molecular weight is 454 g/mol. The molecule has 0 saturated carbocycles. The maximum absolute atomic E-state index is 12.8. The summed E-state index contributed by atoms with van der Waals surface area (Å²) in [6.45, 7) is -0.296. The van der Waals surface area contributed by atoms with E-state index in [0.717, 1.165) is 8.61 Å². The van der Waals surface area contributed by atoms with Gasteiger partial charge in [-0.1, -0.05) is 0 Å². The van der Waals surface area contributed by atoms with Crippen molar-refractivity contribution in [3.05, 3.63) is 59.7 Å². The summed E-state index contributed by atoms with van der Waals surface area (Å²) in [6, 6.07) is 9.57. The Balaban J connectivity index is 1.73. The standard InChI is InChI=1S/C18H18N2O8S2/c21-17(22)13-1-5-15(6-2-13)29(25,26)19-9-11-20(12-10-19)30(27,28)16-7-3-14(4-8-16)18(23)24/h1-8H,9-12H2,(H,21,22)(H,23,24). The van der Waals surface area contributed by atoms with Gasteiger partial charge in [0, 0.05) is 26.2 Å². The molecule has 0 amide bonds. The lowest BCUT2D eigenvalue weighted by atomic mass is 10.2. The molecule has 0 bridgehead atoms. The first kappa shape index (κ1) is 21.9. The van der Waals surface area contributed by atoms with E-state index in [4.69, 9.17) is 10.2 Å². The van der Waals surface area contributed by atoms with Gasteiger partial charge in [-0.25, -0.2) is 26.4 Å². The van der Waals surface area contributed by atoms with E-state index in [1.807, 2.05) is 0 Å². The second kappa shape index (κ2) is 8.14. The minimum Gasteiger partial charge on any atom is -0.478 e. The number of benzene rings is 2. The fraction of sp³-hybridized carbons (Fsp3) is 0.222. The van der Waals surface area contributed by atoms with Gasteiger partial charge in [0.25, 0.3) is 0 Å².